The molecule has 0 fully saturated rings. The number of nitrogen functional groups attached to an aromatic ring is 1. The van der Waals surface area contributed by atoms with Crippen molar-refractivity contribution in [3.8, 4) is 0 Å². The quantitative estimate of drug-likeness (QED) is 0.552. The maximum absolute atomic E-state index is 11.5. The van der Waals surface area contributed by atoms with E-state index >= 15 is 0 Å². The molecule has 4 nitrogen and oxygen atoms in total. The van der Waals surface area contributed by atoms with Crippen LogP contribution in [-0.2, 0) is 11.2 Å². The molecular weight excluding hydrogens is 310 g/mol. The number of H-pyrrole nitrogens is 1. The number of aromatic amines is 1. The van der Waals surface area contributed by atoms with Gasteiger partial charge in [-0.25, -0.2) is 0 Å². The van der Waals surface area contributed by atoms with Gasteiger partial charge < -0.3 is 16.0 Å². The monoisotopic (exact) mass is 337 g/mol. The summed E-state index contributed by atoms with van der Waals surface area (Å²) in [4.78, 5) is 15.0. The van der Waals surface area contributed by atoms with Gasteiger partial charge in [0.2, 0.25) is 5.91 Å². The van der Waals surface area contributed by atoms with Gasteiger partial charge in [0, 0.05) is 36.1 Å². The summed E-state index contributed by atoms with van der Waals surface area (Å²) in [6.07, 6.45) is 5.10. The van der Waals surface area contributed by atoms with Crippen LogP contribution in [-0.4, -0.2) is 17.9 Å². The molecule has 0 radical (unpaired) electrons. The van der Waals surface area contributed by atoms with E-state index in [1.807, 2.05) is 32.1 Å². The molecule has 132 valence electrons. The Morgan fingerprint density at radius 1 is 1.32 bits per heavy atom. The molecule has 2 rings (SSSR count). The molecule has 0 aliphatic heterocycles. The lowest BCUT2D eigenvalue weighted by Gasteiger charge is -2.08. The lowest BCUT2D eigenvalue weighted by atomic mass is 9.99. The van der Waals surface area contributed by atoms with Crippen molar-refractivity contribution in [3.63, 3.8) is 0 Å². The fraction of sp³-hybridized carbons (Fsp3) is 0.286. The number of benzene rings is 1. The predicted octanol–water partition coefficient (Wildman–Crippen LogP) is 3.93. The highest BCUT2D eigenvalue weighted by Gasteiger charge is 2.12. The van der Waals surface area contributed by atoms with Gasteiger partial charge in [-0.2, -0.15) is 0 Å². The van der Waals surface area contributed by atoms with E-state index in [0.717, 1.165) is 45.8 Å². The number of nitrogens with two attached hydrogens (primary N) is 1. The molecule has 0 spiro atoms. The Morgan fingerprint density at radius 2 is 2.04 bits per heavy atom. The van der Waals surface area contributed by atoms with Crippen LogP contribution < -0.4 is 11.1 Å². The number of amides is 1. The molecule has 1 amide bonds. The molecule has 25 heavy (non-hydrogen) atoms. The van der Waals surface area contributed by atoms with E-state index in [2.05, 4.69) is 35.9 Å². The first-order valence-corrected chi connectivity index (χ1v) is 8.46. The Morgan fingerprint density at radius 3 is 2.68 bits per heavy atom. The lowest BCUT2D eigenvalue weighted by Crippen LogP contribution is -2.18. The molecule has 0 bridgehead atoms. The first-order chi connectivity index (χ1) is 11.9. The van der Waals surface area contributed by atoms with Gasteiger partial charge in [-0.15, -0.1) is 0 Å². The number of allylic oxidation sites excluding steroid dienone is 2. The molecule has 0 aliphatic rings. The third-order valence-electron chi connectivity index (χ3n) is 4.55. The third-order valence-corrected chi connectivity index (χ3v) is 4.55. The van der Waals surface area contributed by atoms with Gasteiger partial charge in [-0.05, 0) is 62.1 Å². The standard InChI is InChI=1S/C21H27N3O/c1-6-16(18-11-13(2)7-9-19(18)22)12-20-14(3)17(15(4)24-20)8-10-21(25)23-5/h6-7,9,11-12,24H,1,8,10,22H2,2-5H3,(H,23,25)/b16-12+. The van der Waals surface area contributed by atoms with Crippen molar-refractivity contribution in [2.24, 2.45) is 0 Å². The van der Waals surface area contributed by atoms with Crippen LogP contribution in [0.2, 0.25) is 0 Å². The number of rotatable bonds is 6. The van der Waals surface area contributed by atoms with E-state index in [9.17, 15) is 4.79 Å². The van der Waals surface area contributed by atoms with Crippen LogP contribution in [0.15, 0.2) is 30.9 Å². The second-order valence-corrected chi connectivity index (χ2v) is 6.33. The molecule has 4 N–H and O–H groups in total. The van der Waals surface area contributed by atoms with Gasteiger partial charge in [0.15, 0.2) is 0 Å². The SMILES string of the molecule is C=C/C(=C\c1[nH]c(C)c(CCC(=O)NC)c1C)c1cc(C)ccc1N. The fourth-order valence-corrected chi connectivity index (χ4v) is 3.02. The molecule has 1 aromatic heterocycles. The van der Waals surface area contributed by atoms with Gasteiger partial charge in [-0.1, -0.05) is 24.3 Å². The molecule has 2 aromatic rings. The maximum atomic E-state index is 11.5. The topological polar surface area (TPSA) is 70.9 Å². The summed E-state index contributed by atoms with van der Waals surface area (Å²) in [5, 5.41) is 2.67. The number of carbonyl (C=O) groups is 1. The van der Waals surface area contributed by atoms with Crippen LogP contribution in [0.1, 0.15) is 40.1 Å². The highest BCUT2D eigenvalue weighted by Crippen LogP contribution is 2.28. The van der Waals surface area contributed by atoms with E-state index in [-0.39, 0.29) is 5.91 Å². The summed E-state index contributed by atoms with van der Waals surface area (Å²) >= 11 is 0. The molecule has 1 heterocycles. The Balaban J connectivity index is 2.40. The summed E-state index contributed by atoms with van der Waals surface area (Å²) in [7, 11) is 1.66. The van der Waals surface area contributed by atoms with Crippen molar-refractivity contribution in [2.75, 3.05) is 12.8 Å². The Hall–Kier alpha value is -2.75. The smallest absolute Gasteiger partial charge is 0.220 e. The summed E-state index contributed by atoms with van der Waals surface area (Å²) in [6.45, 7) is 10.1. The lowest BCUT2D eigenvalue weighted by molar-refractivity contribution is -0.120. The number of nitrogens with one attached hydrogen (secondary N) is 2. The number of aryl methyl sites for hydroxylation is 2. The Bertz CT molecular complexity index is 828. The Labute approximate surface area is 149 Å². The van der Waals surface area contributed by atoms with Crippen molar-refractivity contribution in [1.82, 2.24) is 10.3 Å². The zero-order valence-electron chi connectivity index (χ0n) is 15.5. The summed E-state index contributed by atoms with van der Waals surface area (Å²) in [6, 6.07) is 5.99. The minimum atomic E-state index is 0.0522. The minimum absolute atomic E-state index is 0.0522. The number of hydrogen-bond donors (Lipinski definition) is 3. The highest BCUT2D eigenvalue weighted by atomic mass is 16.1. The Kier molecular flexibility index (Phi) is 5.86. The second kappa shape index (κ2) is 7.88. The average Bonchev–Trinajstić information content (AvgIpc) is 2.86. The average molecular weight is 337 g/mol. The molecule has 0 atom stereocenters. The zero-order chi connectivity index (χ0) is 18.6. The van der Waals surface area contributed by atoms with Crippen molar-refractivity contribution in [1.29, 1.82) is 0 Å². The van der Waals surface area contributed by atoms with Gasteiger partial charge in [-0.3, -0.25) is 4.79 Å². The van der Waals surface area contributed by atoms with Crippen LogP contribution in [0, 0.1) is 20.8 Å². The number of carbonyl (C=O) groups excluding carboxylic acids is 1. The molecule has 1 aromatic carbocycles. The molecule has 4 heteroatoms. The number of hydrogen-bond acceptors (Lipinski definition) is 2. The molecule has 0 saturated heterocycles. The predicted molar refractivity (Wildman–Crippen MR) is 106 cm³/mol. The number of anilines is 1. The van der Waals surface area contributed by atoms with Crippen molar-refractivity contribution >= 4 is 23.2 Å². The zero-order valence-corrected chi connectivity index (χ0v) is 15.5. The van der Waals surface area contributed by atoms with E-state index in [4.69, 9.17) is 5.73 Å². The summed E-state index contributed by atoms with van der Waals surface area (Å²) in [5.74, 6) is 0.0522. The third kappa shape index (κ3) is 4.21. The van der Waals surface area contributed by atoms with Crippen LogP contribution in [0.25, 0.3) is 11.6 Å². The van der Waals surface area contributed by atoms with Gasteiger partial charge >= 0.3 is 0 Å². The van der Waals surface area contributed by atoms with Crippen LogP contribution in [0.3, 0.4) is 0 Å². The largest absolute Gasteiger partial charge is 0.398 e. The van der Waals surface area contributed by atoms with E-state index in [1.54, 1.807) is 7.05 Å². The first-order valence-electron chi connectivity index (χ1n) is 8.46. The number of aromatic nitrogens is 1. The fourth-order valence-electron chi connectivity index (χ4n) is 3.02. The van der Waals surface area contributed by atoms with Gasteiger partial charge in [0.05, 0.1) is 0 Å². The van der Waals surface area contributed by atoms with Crippen LogP contribution in [0.5, 0.6) is 0 Å². The van der Waals surface area contributed by atoms with Gasteiger partial charge in [0.1, 0.15) is 0 Å². The molecule has 0 saturated carbocycles. The maximum Gasteiger partial charge on any atom is 0.220 e. The van der Waals surface area contributed by atoms with Crippen LogP contribution in [0.4, 0.5) is 5.69 Å². The van der Waals surface area contributed by atoms with E-state index < -0.39 is 0 Å². The molecular formula is C21H27N3O. The highest BCUT2D eigenvalue weighted by molar-refractivity contribution is 5.91. The summed E-state index contributed by atoms with van der Waals surface area (Å²) in [5.41, 5.74) is 14.5. The van der Waals surface area contributed by atoms with Crippen molar-refractivity contribution < 1.29 is 4.79 Å². The minimum Gasteiger partial charge on any atom is -0.398 e. The molecule has 0 aliphatic carbocycles. The normalized spacial score (nSPS) is 11.4. The van der Waals surface area contributed by atoms with Crippen LogP contribution >= 0.6 is 0 Å². The van der Waals surface area contributed by atoms with E-state index in [0.29, 0.717) is 6.42 Å². The first kappa shape index (κ1) is 18.6. The van der Waals surface area contributed by atoms with Crippen molar-refractivity contribution in [2.45, 2.75) is 33.6 Å². The van der Waals surface area contributed by atoms with E-state index in [1.165, 1.54) is 5.56 Å². The van der Waals surface area contributed by atoms with Crippen molar-refractivity contribution in [3.05, 3.63) is 64.5 Å². The second-order valence-electron chi connectivity index (χ2n) is 6.33. The summed E-state index contributed by atoms with van der Waals surface area (Å²) < 4.78 is 0. The molecule has 0 unspecified atom stereocenters. The van der Waals surface area contributed by atoms with Gasteiger partial charge in [0.25, 0.3) is 0 Å².